The Kier molecular flexibility index (Phi) is 7.55. The summed E-state index contributed by atoms with van der Waals surface area (Å²) in [6.45, 7) is 1.09. The van der Waals surface area contributed by atoms with Crippen LogP contribution in [0.25, 0.3) is 0 Å². The van der Waals surface area contributed by atoms with E-state index in [0.717, 1.165) is 53.4 Å². The molecule has 1 aromatic heterocycles. The van der Waals surface area contributed by atoms with E-state index in [1.807, 2.05) is 36.5 Å². The van der Waals surface area contributed by atoms with Gasteiger partial charge in [0.2, 0.25) is 5.91 Å². The van der Waals surface area contributed by atoms with Crippen molar-refractivity contribution in [1.29, 1.82) is 0 Å². The van der Waals surface area contributed by atoms with Gasteiger partial charge < -0.3 is 24.4 Å². The minimum atomic E-state index is 0.0598. The quantitative estimate of drug-likeness (QED) is 0.412. The third-order valence-electron chi connectivity index (χ3n) is 6.78. The first-order valence-corrected chi connectivity index (χ1v) is 12.7. The maximum atomic E-state index is 11.5. The van der Waals surface area contributed by atoms with Gasteiger partial charge in [-0.3, -0.25) is 9.78 Å². The van der Waals surface area contributed by atoms with E-state index in [9.17, 15) is 4.79 Å². The molecule has 2 heterocycles. The van der Waals surface area contributed by atoms with Crippen LogP contribution in [-0.2, 0) is 11.3 Å². The fraction of sp³-hybridized carbons (Fsp3) is 0.379. The SMILES string of the molecule is COc1ccc(N(Cc2cccnc2)c2cccc(OCC3CCC(=O)N3)c2)cc1OC1CCCC1. The van der Waals surface area contributed by atoms with Crippen LogP contribution in [0.2, 0.25) is 0 Å². The first-order valence-electron chi connectivity index (χ1n) is 12.7. The van der Waals surface area contributed by atoms with Crippen LogP contribution in [0.1, 0.15) is 44.1 Å². The minimum absolute atomic E-state index is 0.0598. The summed E-state index contributed by atoms with van der Waals surface area (Å²) < 4.78 is 18.1. The Morgan fingerprint density at radius 3 is 2.61 bits per heavy atom. The molecule has 2 aliphatic rings. The lowest BCUT2D eigenvalue weighted by atomic mass is 10.1. The van der Waals surface area contributed by atoms with E-state index < -0.39 is 0 Å². The monoisotopic (exact) mass is 487 g/mol. The molecule has 1 saturated heterocycles. The van der Waals surface area contributed by atoms with Crippen molar-refractivity contribution in [2.45, 2.75) is 57.2 Å². The number of rotatable bonds is 10. The summed E-state index contributed by atoms with van der Waals surface area (Å²) in [4.78, 5) is 18.1. The van der Waals surface area contributed by atoms with Crippen LogP contribution in [0, 0.1) is 0 Å². The summed E-state index contributed by atoms with van der Waals surface area (Å²) in [7, 11) is 1.68. The summed E-state index contributed by atoms with van der Waals surface area (Å²) in [6, 6.07) is 18.2. The Morgan fingerprint density at radius 2 is 1.86 bits per heavy atom. The van der Waals surface area contributed by atoms with Gasteiger partial charge in [-0.1, -0.05) is 12.1 Å². The lowest BCUT2D eigenvalue weighted by molar-refractivity contribution is -0.119. The third-order valence-corrected chi connectivity index (χ3v) is 6.78. The van der Waals surface area contributed by atoms with Crippen molar-refractivity contribution >= 4 is 17.3 Å². The molecule has 1 aliphatic heterocycles. The molecule has 5 rings (SSSR count). The minimum Gasteiger partial charge on any atom is -0.493 e. The highest BCUT2D eigenvalue weighted by Gasteiger charge is 2.22. The Bertz CT molecular complexity index is 1160. The Labute approximate surface area is 212 Å². The molecule has 2 aromatic carbocycles. The zero-order chi connectivity index (χ0) is 24.7. The van der Waals surface area contributed by atoms with Crippen molar-refractivity contribution in [1.82, 2.24) is 10.3 Å². The van der Waals surface area contributed by atoms with E-state index in [0.29, 0.717) is 19.6 Å². The van der Waals surface area contributed by atoms with Crippen molar-refractivity contribution in [2.75, 3.05) is 18.6 Å². The lowest BCUT2D eigenvalue weighted by Crippen LogP contribution is -2.30. The Morgan fingerprint density at radius 1 is 1.00 bits per heavy atom. The largest absolute Gasteiger partial charge is 0.493 e. The number of aromatic nitrogens is 1. The number of nitrogens with one attached hydrogen (secondary N) is 1. The number of amides is 1. The van der Waals surface area contributed by atoms with Crippen LogP contribution in [0.3, 0.4) is 0 Å². The van der Waals surface area contributed by atoms with Gasteiger partial charge >= 0.3 is 0 Å². The smallest absolute Gasteiger partial charge is 0.220 e. The van der Waals surface area contributed by atoms with Gasteiger partial charge in [-0.15, -0.1) is 0 Å². The molecule has 1 N–H and O–H groups in total. The highest BCUT2D eigenvalue weighted by molar-refractivity contribution is 5.78. The molecule has 7 heteroatoms. The number of methoxy groups -OCH3 is 1. The van der Waals surface area contributed by atoms with E-state index in [2.05, 4.69) is 39.5 Å². The molecule has 3 aromatic rings. The summed E-state index contributed by atoms with van der Waals surface area (Å²) >= 11 is 0. The number of nitrogens with zero attached hydrogens (tertiary/aromatic N) is 2. The zero-order valence-electron chi connectivity index (χ0n) is 20.7. The molecule has 0 bridgehead atoms. The van der Waals surface area contributed by atoms with Crippen molar-refractivity contribution in [3.8, 4) is 17.2 Å². The van der Waals surface area contributed by atoms with Gasteiger partial charge in [0, 0.05) is 48.9 Å². The number of hydrogen-bond acceptors (Lipinski definition) is 6. The molecule has 188 valence electrons. The second kappa shape index (κ2) is 11.3. The van der Waals surface area contributed by atoms with Crippen molar-refractivity contribution in [2.24, 2.45) is 0 Å². The molecule has 0 radical (unpaired) electrons. The number of benzene rings is 2. The fourth-order valence-electron chi connectivity index (χ4n) is 4.86. The number of carbonyl (C=O) groups is 1. The molecule has 1 aliphatic carbocycles. The number of anilines is 2. The van der Waals surface area contributed by atoms with Crippen LogP contribution in [0.15, 0.2) is 67.0 Å². The fourth-order valence-corrected chi connectivity index (χ4v) is 4.86. The van der Waals surface area contributed by atoms with Gasteiger partial charge in [0.05, 0.1) is 19.3 Å². The highest BCUT2D eigenvalue weighted by atomic mass is 16.5. The first-order chi connectivity index (χ1) is 17.7. The number of carbonyl (C=O) groups excluding carboxylic acids is 1. The molecular weight excluding hydrogens is 454 g/mol. The van der Waals surface area contributed by atoms with Gasteiger partial charge in [0.25, 0.3) is 0 Å². The molecule has 7 nitrogen and oxygen atoms in total. The van der Waals surface area contributed by atoms with Gasteiger partial charge in [-0.2, -0.15) is 0 Å². The van der Waals surface area contributed by atoms with Crippen molar-refractivity contribution in [3.05, 3.63) is 72.6 Å². The molecule has 1 amide bonds. The number of pyridine rings is 1. The number of ether oxygens (including phenoxy) is 3. The predicted molar refractivity (Wildman–Crippen MR) is 139 cm³/mol. The van der Waals surface area contributed by atoms with E-state index in [1.54, 1.807) is 13.3 Å². The van der Waals surface area contributed by atoms with E-state index in [1.165, 1.54) is 12.8 Å². The number of hydrogen-bond donors (Lipinski definition) is 1. The summed E-state index contributed by atoms with van der Waals surface area (Å²) in [5, 5.41) is 2.96. The molecule has 0 spiro atoms. The highest BCUT2D eigenvalue weighted by Crippen LogP contribution is 2.38. The first kappa shape index (κ1) is 24.0. The third kappa shape index (κ3) is 5.90. The Balaban J connectivity index is 1.42. The second-order valence-corrected chi connectivity index (χ2v) is 9.42. The normalized spacial score (nSPS) is 17.6. The second-order valence-electron chi connectivity index (χ2n) is 9.42. The van der Waals surface area contributed by atoms with Gasteiger partial charge in [-0.05, 0) is 68.0 Å². The van der Waals surface area contributed by atoms with Crippen LogP contribution in [0.5, 0.6) is 17.2 Å². The van der Waals surface area contributed by atoms with Crippen LogP contribution >= 0.6 is 0 Å². The van der Waals surface area contributed by atoms with Crippen LogP contribution < -0.4 is 24.4 Å². The van der Waals surface area contributed by atoms with Crippen molar-refractivity contribution in [3.63, 3.8) is 0 Å². The molecular formula is C29H33N3O4. The molecule has 36 heavy (non-hydrogen) atoms. The molecule has 1 atom stereocenters. The summed E-state index contributed by atoms with van der Waals surface area (Å²) in [5.41, 5.74) is 3.07. The van der Waals surface area contributed by atoms with Gasteiger partial charge in [0.15, 0.2) is 11.5 Å². The average Bonchev–Trinajstić information content (AvgIpc) is 3.58. The van der Waals surface area contributed by atoms with E-state index in [-0.39, 0.29) is 18.1 Å². The van der Waals surface area contributed by atoms with E-state index >= 15 is 0 Å². The van der Waals surface area contributed by atoms with Gasteiger partial charge in [-0.25, -0.2) is 0 Å². The summed E-state index contributed by atoms with van der Waals surface area (Å²) in [6.07, 6.45) is 9.83. The zero-order valence-corrected chi connectivity index (χ0v) is 20.7. The van der Waals surface area contributed by atoms with Gasteiger partial charge in [0.1, 0.15) is 12.4 Å². The van der Waals surface area contributed by atoms with Crippen LogP contribution in [0.4, 0.5) is 11.4 Å². The predicted octanol–water partition coefficient (Wildman–Crippen LogP) is 5.41. The maximum absolute atomic E-state index is 11.5. The van der Waals surface area contributed by atoms with Crippen LogP contribution in [-0.4, -0.2) is 36.8 Å². The van der Waals surface area contributed by atoms with Crippen molar-refractivity contribution < 1.29 is 19.0 Å². The standard InChI is InChI=1S/C29H33N3O4/c1-34-27-13-12-24(17-28(27)36-25-8-2-3-9-25)32(19-21-6-5-15-30-18-21)23-7-4-10-26(16-23)35-20-22-11-14-29(33)31-22/h4-7,10,12-13,15-18,22,25H,2-3,8-9,11,14,19-20H2,1H3,(H,31,33). The van der Waals surface area contributed by atoms with E-state index in [4.69, 9.17) is 14.2 Å². The maximum Gasteiger partial charge on any atom is 0.220 e. The molecule has 2 fully saturated rings. The summed E-state index contributed by atoms with van der Waals surface area (Å²) in [5.74, 6) is 2.36. The molecule has 1 saturated carbocycles. The average molecular weight is 488 g/mol. The Hall–Kier alpha value is -3.74. The lowest BCUT2D eigenvalue weighted by Gasteiger charge is -2.27. The topological polar surface area (TPSA) is 72.9 Å². The molecule has 1 unspecified atom stereocenters.